The number of thiophene rings is 1. The fourth-order valence-electron chi connectivity index (χ4n) is 5.03. The Hall–Kier alpha value is -2.22. The monoisotopic (exact) mass is 453 g/mol. The summed E-state index contributed by atoms with van der Waals surface area (Å²) in [5.41, 5.74) is 0.723. The van der Waals surface area contributed by atoms with Crippen LogP contribution in [0.2, 0.25) is 0 Å². The summed E-state index contributed by atoms with van der Waals surface area (Å²) in [6.45, 7) is 3.60. The Kier molecular flexibility index (Phi) is 5.60. The molecule has 2 aliphatic heterocycles. The van der Waals surface area contributed by atoms with E-state index >= 15 is 0 Å². The third-order valence-corrected chi connectivity index (χ3v) is 8.12. The lowest BCUT2D eigenvalue weighted by Crippen LogP contribution is -2.43. The highest BCUT2D eigenvalue weighted by molar-refractivity contribution is 7.18. The molecule has 6 nitrogen and oxygen atoms in total. The summed E-state index contributed by atoms with van der Waals surface area (Å²) in [6.07, 6.45) is 7.97. The molecule has 2 aliphatic rings. The minimum Gasteiger partial charge on any atom is -0.490 e. The largest absolute Gasteiger partial charge is 0.490 e. The van der Waals surface area contributed by atoms with Crippen LogP contribution in [0.25, 0.3) is 15.9 Å². The molecule has 2 bridgehead atoms. The van der Waals surface area contributed by atoms with Crippen molar-refractivity contribution in [2.75, 3.05) is 7.05 Å². The first-order chi connectivity index (χ1) is 15.3. The van der Waals surface area contributed by atoms with Crippen LogP contribution in [-0.2, 0) is 6.42 Å². The maximum atomic E-state index is 13.1. The second-order valence-corrected chi connectivity index (χ2v) is 11.1. The Morgan fingerprint density at radius 1 is 1.19 bits per heavy atom. The van der Waals surface area contributed by atoms with Gasteiger partial charge in [0, 0.05) is 17.0 Å². The van der Waals surface area contributed by atoms with Crippen LogP contribution in [0, 0.1) is 0 Å². The Morgan fingerprint density at radius 3 is 2.53 bits per heavy atom. The smallest absolute Gasteiger partial charge is 0.275 e. The van der Waals surface area contributed by atoms with Crippen molar-refractivity contribution in [3.05, 3.63) is 51.9 Å². The van der Waals surface area contributed by atoms with Gasteiger partial charge in [0.2, 0.25) is 0 Å². The topological polar surface area (TPSA) is 67.6 Å². The molecule has 0 spiro atoms. The first-order valence-corrected chi connectivity index (χ1v) is 12.3. The second-order valence-electron chi connectivity index (χ2n) is 9.91. The number of piperidine rings is 1. The van der Waals surface area contributed by atoms with Gasteiger partial charge < -0.3 is 14.7 Å². The Balaban J connectivity index is 1.32. The van der Waals surface area contributed by atoms with E-state index in [2.05, 4.69) is 16.9 Å². The number of aryl methyl sites for hydroxylation is 1. The van der Waals surface area contributed by atoms with Crippen molar-refractivity contribution in [3.8, 4) is 11.4 Å². The van der Waals surface area contributed by atoms with Gasteiger partial charge >= 0.3 is 0 Å². The van der Waals surface area contributed by atoms with Crippen LogP contribution in [0.1, 0.15) is 50.8 Å². The Morgan fingerprint density at radius 2 is 1.88 bits per heavy atom. The van der Waals surface area contributed by atoms with Crippen molar-refractivity contribution in [2.45, 2.75) is 76.2 Å². The number of hydrogen-bond acceptors (Lipinski definition) is 6. The van der Waals surface area contributed by atoms with Crippen molar-refractivity contribution in [1.29, 1.82) is 0 Å². The van der Waals surface area contributed by atoms with E-state index in [1.165, 1.54) is 24.2 Å². The van der Waals surface area contributed by atoms with Gasteiger partial charge in [0.25, 0.3) is 5.56 Å². The molecule has 3 atom stereocenters. The summed E-state index contributed by atoms with van der Waals surface area (Å²) in [5, 5.41) is 9.98. The molecule has 0 radical (unpaired) electrons. The fourth-order valence-corrected chi connectivity index (χ4v) is 6.07. The molecule has 1 aromatic carbocycles. The SMILES string of the molecule is CN1[C@@H]2CC[C@H]1CC(Oc1ccc(-n3cnc4cc(CCC(C)(C)O)sc4c3=O)cc1)C2. The normalized spacial score (nSPS) is 23.7. The van der Waals surface area contributed by atoms with E-state index in [0.29, 0.717) is 23.2 Å². The minimum absolute atomic E-state index is 0.0601. The number of aromatic nitrogens is 2. The van der Waals surface area contributed by atoms with Gasteiger partial charge in [-0.3, -0.25) is 9.36 Å². The van der Waals surface area contributed by atoms with Crippen LogP contribution in [0.3, 0.4) is 0 Å². The van der Waals surface area contributed by atoms with Crippen molar-refractivity contribution in [2.24, 2.45) is 0 Å². The third-order valence-electron chi connectivity index (χ3n) is 6.94. The van der Waals surface area contributed by atoms with Crippen LogP contribution in [0.15, 0.2) is 41.5 Å². The standard InChI is InChI=1S/C25H31N3O3S/c1-25(2,30)11-10-21-14-22-23(32-21)24(29)28(15-26-22)16-6-8-19(9-7-16)31-20-12-17-4-5-18(13-20)27(17)3/h6-9,14-15,17-18,20,30H,4-5,10-13H2,1-3H3/t17-,18+,20?. The molecule has 0 aliphatic carbocycles. The van der Waals surface area contributed by atoms with E-state index in [-0.39, 0.29) is 11.7 Å². The molecule has 1 unspecified atom stereocenters. The third kappa shape index (κ3) is 4.34. The molecule has 2 saturated heterocycles. The number of aliphatic hydroxyl groups is 1. The average Bonchev–Trinajstić information content (AvgIpc) is 3.24. The molecule has 32 heavy (non-hydrogen) atoms. The highest BCUT2D eigenvalue weighted by atomic mass is 32.1. The van der Waals surface area contributed by atoms with E-state index in [1.54, 1.807) is 24.7 Å². The molecule has 5 rings (SSSR count). The van der Waals surface area contributed by atoms with Gasteiger partial charge in [0.05, 0.1) is 16.8 Å². The predicted octanol–water partition coefficient (Wildman–Crippen LogP) is 4.15. The van der Waals surface area contributed by atoms with E-state index in [1.807, 2.05) is 30.3 Å². The van der Waals surface area contributed by atoms with Crippen molar-refractivity contribution in [1.82, 2.24) is 14.5 Å². The van der Waals surface area contributed by atoms with Gasteiger partial charge in [-0.2, -0.15) is 0 Å². The van der Waals surface area contributed by atoms with E-state index in [9.17, 15) is 9.90 Å². The number of benzene rings is 1. The van der Waals surface area contributed by atoms with Crippen LogP contribution < -0.4 is 10.3 Å². The molecule has 1 N–H and O–H groups in total. The van der Waals surface area contributed by atoms with Crippen LogP contribution in [0.4, 0.5) is 0 Å². The zero-order chi connectivity index (χ0) is 22.5. The summed E-state index contributed by atoms with van der Waals surface area (Å²) in [4.78, 5) is 21.2. The summed E-state index contributed by atoms with van der Waals surface area (Å²) < 4.78 is 8.53. The lowest BCUT2D eigenvalue weighted by Gasteiger charge is -2.36. The molecule has 0 amide bonds. The first kappa shape index (κ1) is 21.6. The summed E-state index contributed by atoms with van der Waals surface area (Å²) in [7, 11) is 2.24. The molecule has 3 aromatic rings. The second kappa shape index (κ2) is 8.28. The van der Waals surface area contributed by atoms with Gasteiger partial charge in [0.1, 0.15) is 22.9 Å². The zero-order valence-corrected chi connectivity index (χ0v) is 19.8. The predicted molar refractivity (Wildman–Crippen MR) is 128 cm³/mol. The Labute approximate surface area is 192 Å². The number of fused-ring (bicyclic) bond motifs is 3. The van der Waals surface area contributed by atoms with Crippen LogP contribution in [-0.4, -0.2) is 50.4 Å². The van der Waals surface area contributed by atoms with Crippen LogP contribution >= 0.6 is 11.3 Å². The van der Waals surface area contributed by atoms with Gasteiger partial charge in [-0.05, 0) is 89.8 Å². The average molecular weight is 454 g/mol. The molecule has 7 heteroatoms. The molecular weight excluding hydrogens is 422 g/mol. The summed E-state index contributed by atoms with van der Waals surface area (Å²) in [5.74, 6) is 0.856. The molecule has 170 valence electrons. The number of ether oxygens (including phenoxy) is 1. The maximum Gasteiger partial charge on any atom is 0.275 e. The highest BCUT2D eigenvalue weighted by Crippen LogP contribution is 2.36. The number of rotatable bonds is 6. The first-order valence-electron chi connectivity index (χ1n) is 11.5. The molecular formula is C25H31N3O3S. The van der Waals surface area contributed by atoms with Crippen molar-refractivity contribution < 1.29 is 9.84 Å². The lowest BCUT2D eigenvalue weighted by molar-refractivity contribution is 0.0661. The molecule has 2 aromatic heterocycles. The Bertz CT molecular complexity index is 1150. The zero-order valence-electron chi connectivity index (χ0n) is 19.0. The van der Waals surface area contributed by atoms with Gasteiger partial charge in [-0.25, -0.2) is 4.98 Å². The van der Waals surface area contributed by atoms with Gasteiger partial charge in [0.15, 0.2) is 0 Å². The summed E-state index contributed by atoms with van der Waals surface area (Å²) in [6, 6.07) is 11.0. The van der Waals surface area contributed by atoms with Gasteiger partial charge in [-0.15, -0.1) is 11.3 Å². The maximum absolute atomic E-state index is 13.1. The van der Waals surface area contributed by atoms with Crippen molar-refractivity contribution in [3.63, 3.8) is 0 Å². The summed E-state index contributed by atoms with van der Waals surface area (Å²) >= 11 is 1.47. The number of nitrogens with zero attached hydrogens (tertiary/aromatic N) is 3. The molecule has 2 fully saturated rings. The lowest BCUT2D eigenvalue weighted by atomic mass is 10.0. The molecule has 0 saturated carbocycles. The highest BCUT2D eigenvalue weighted by Gasteiger charge is 2.39. The van der Waals surface area contributed by atoms with Gasteiger partial charge in [-0.1, -0.05) is 0 Å². The minimum atomic E-state index is -0.721. The van der Waals surface area contributed by atoms with Crippen molar-refractivity contribution >= 4 is 21.6 Å². The number of hydrogen-bond donors (Lipinski definition) is 1. The van der Waals surface area contributed by atoms with Crippen LogP contribution in [0.5, 0.6) is 5.75 Å². The quantitative estimate of drug-likeness (QED) is 0.607. The molecule has 4 heterocycles. The fraction of sp³-hybridized carbons (Fsp3) is 0.520. The van der Waals surface area contributed by atoms with E-state index < -0.39 is 5.60 Å². The van der Waals surface area contributed by atoms with E-state index in [0.717, 1.165) is 41.1 Å². The van der Waals surface area contributed by atoms with E-state index in [4.69, 9.17) is 4.74 Å².